The maximum Gasteiger partial charge on any atom is 0.232 e. The number of hydrogen-bond acceptors (Lipinski definition) is 5. The van der Waals surface area contributed by atoms with Crippen molar-refractivity contribution in [3.63, 3.8) is 0 Å². The maximum absolute atomic E-state index is 5.10. The highest BCUT2D eigenvalue weighted by Gasteiger charge is 2.17. The van der Waals surface area contributed by atoms with Crippen LogP contribution in [-0.2, 0) is 38.5 Å². The summed E-state index contributed by atoms with van der Waals surface area (Å²) in [5.74, 6) is 1.79. The molecular formula is C52H78N5. The van der Waals surface area contributed by atoms with E-state index < -0.39 is 0 Å². The van der Waals surface area contributed by atoms with Crippen LogP contribution >= 0.6 is 0 Å². The number of aromatic nitrogens is 3. The summed E-state index contributed by atoms with van der Waals surface area (Å²) in [6.45, 7) is 17.9. The fraction of sp³-hybridized carbons (Fsp3) is 0.577. The number of nitrogens with one attached hydrogen (secondary N) is 2. The number of hydrogen-bond donors (Lipinski definition) is 2. The van der Waals surface area contributed by atoms with Crippen molar-refractivity contribution < 1.29 is 0 Å². The molecule has 2 N–H and O–H groups in total. The van der Waals surface area contributed by atoms with Gasteiger partial charge in [-0.15, -0.1) is 0 Å². The van der Waals surface area contributed by atoms with E-state index in [0.29, 0.717) is 17.7 Å². The summed E-state index contributed by atoms with van der Waals surface area (Å²) in [6.07, 6.45) is 29.2. The van der Waals surface area contributed by atoms with Crippen LogP contribution in [0.2, 0.25) is 0 Å². The van der Waals surface area contributed by atoms with E-state index in [1.807, 2.05) is 12.1 Å². The lowest BCUT2D eigenvalue weighted by atomic mass is 9.89. The molecule has 0 aliphatic heterocycles. The van der Waals surface area contributed by atoms with Gasteiger partial charge in [-0.3, -0.25) is 0 Å². The van der Waals surface area contributed by atoms with Gasteiger partial charge in [0.15, 0.2) is 5.82 Å². The molecule has 1 aromatic heterocycles. The van der Waals surface area contributed by atoms with E-state index in [1.165, 1.54) is 151 Å². The van der Waals surface area contributed by atoms with Crippen molar-refractivity contribution in [2.45, 2.75) is 196 Å². The van der Waals surface area contributed by atoms with Gasteiger partial charge in [0.1, 0.15) is 0 Å². The van der Waals surface area contributed by atoms with Crippen LogP contribution in [0, 0.1) is 6.92 Å². The van der Waals surface area contributed by atoms with E-state index >= 15 is 0 Å². The standard InChI is InChI=1S/C52H78N5/c1-8-14-20-26-42-36-46(37-43(27-21-15-9-2)48(42)30-24-18-12-5)53-51-55-50(41-34-32-40(7)33-35-41)56-52(57-51)54-47-38-44(28-22-16-10-3)49(31-25-19-13-6)45(39-47)29-23-17-11-4/h32-39H,7-31H2,1-6H3,(H2,53,54,55,56,57). The molecule has 0 unspecified atom stereocenters. The van der Waals surface area contributed by atoms with Gasteiger partial charge in [0.05, 0.1) is 0 Å². The van der Waals surface area contributed by atoms with Crippen LogP contribution in [-0.4, -0.2) is 15.0 Å². The number of anilines is 4. The third-order valence-corrected chi connectivity index (χ3v) is 11.5. The Bertz CT molecular complexity index is 1560. The van der Waals surface area contributed by atoms with Gasteiger partial charge in [0.2, 0.25) is 11.9 Å². The Morgan fingerprint density at radius 2 is 0.719 bits per heavy atom. The zero-order valence-electron chi connectivity index (χ0n) is 37.1. The lowest BCUT2D eigenvalue weighted by Gasteiger charge is -2.20. The molecule has 4 aromatic rings. The SMILES string of the molecule is [CH2]c1ccc(-c2nc(Nc3cc(CCCCC)c(CCCCC)c(CCCCC)c3)nc(Nc3cc(CCCCC)c(CCCCC)c(CCCCC)c3)n2)cc1. The summed E-state index contributed by atoms with van der Waals surface area (Å²) in [5, 5.41) is 7.44. The van der Waals surface area contributed by atoms with Gasteiger partial charge in [0.25, 0.3) is 0 Å². The molecule has 57 heavy (non-hydrogen) atoms. The minimum atomic E-state index is 0.571. The molecule has 1 radical (unpaired) electrons. The first-order chi connectivity index (χ1) is 27.9. The molecule has 0 fully saturated rings. The highest BCUT2D eigenvalue weighted by Crippen LogP contribution is 2.31. The Hall–Kier alpha value is -3.73. The molecule has 5 heteroatoms. The van der Waals surface area contributed by atoms with Crippen molar-refractivity contribution in [1.82, 2.24) is 15.0 Å². The molecule has 0 bridgehead atoms. The van der Waals surface area contributed by atoms with Crippen molar-refractivity contribution >= 4 is 23.3 Å². The lowest BCUT2D eigenvalue weighted by Crippen LogP contribution is -2.09. The second kappa shape index (κ2) is 26.3. The molecule has 0 saturated carbocycles. The van der Waals surface area contributed by atoms with Crippen molar-refractivity contribution in [1.29, 1.82) is 0 Å². The Morgan fingerprint density at radius 1 is 0.404 bits per heavy atom. The second-order valence-electron chi connectivity index (χ2n) is 16.5. The van der Waals surface area contributed by atoms with Gasteiger partial charge in [-0.05, 0) is 147 Å². The zero-order valence-corrected chi connectivity index (χ0v) is 37.1. The largest absolute Gasteiger partial charge is 0.324 e. The Kier molecular flexibility index (Phi) is 21.2. The van der Waals surface area contributed by atoms with Gasteiger partial charge in [-0.25, -0.2) is 0 Å². The average Bonchev–Trinajstić information content (AvgIpc) is 3.20. The predicted octanol–water partition coefficient (Wildman–Crippen LogP) is 15.6. The highest BCUT2D eigenvalue weighted by molar-refractivity contribution is 5.66. The summed E-state index contributed by atoms with van der Waals surface area (Å²) >= 11 is 0. The number of unbranched alkanes of at least 4 members (excludes halogenated alkanes) is 12. The van der Waals surface area contributed by atoms with Gasteiger partial charge in [0, 0.05) is 16.9 Å². The molecule has 3 aromatic carbocycles. The van der Waals surface area contributed by atoms with Gasteiger partial charge in [-0.1, -0.05) is 143 Å². The molecule has 0 aliphatic rings. The minimum absolute atomic E-state index is 0.571. The molecule has 0 amide bonds. The maximum atomic E-state index is 5.10. The molecule has 5 nitrogen and oxygen atoms in total. The number of nitrogens with zero attached hydrogens (tertiary/aromatic N) is 3. The Labute approximate surface area is 349 Å². The van der Waals surface area contributed by atoms with Crippen LogP contribution in [0.3, 0.4) is 0 Å². The van der Waals surface area contributed by atoms with Crippen LogP contribution in [0.4, 0.5) is 23.3 Å². The summed E-state index contributed by atoms with van der Waals surface area (Å²) in [6, 6.07) is 17.8. The lowest BCUT2D eigenvalue weighted by molar-refractivity contribution is 0.678. The zero-order chi connectivity index (χ0) is 40.7. The fourth-order valence-electron chi connectivity index (χ4n) is 8.17. The number of benzene rings is 3. The summed E-state index contributed by atoms with van der Waals surface area (Å²) < 4.78 is 0. The number of rotatable bonds is 29. The first-order valence-electron chi connectivity index (χ1n) is 23.4. The van der Waals surface area contributed by atoms with Gasteiger partial charge >= 0.3 is 0 Å². The molecule has 0 atom stereocenters. The number of aryl methyl sites for hydroxylation is 4. The minimum Gasteiger partial charge on any atom is -0.324 e. The Morgan fingerprint density at radius 3 is 1.04 bits per heavy atom. The summed E-state index contributed by atoms with van der Waals surface area (Å²) in [7, 11) is 0. The predicted molar refractivity (Wildman–Crippen MR) is 249 cm³/mol. The van der Waals surface area contributed by atoms with Crippen molar-refractivity contribution in [3.8, 4) is 11.4 Å². The van der Waals surface area contributed by atoms with Crippen LogP contribution in [0.5, 0.6) is 0 Å². The average molecular weight is 773 g/mol. The van der Waals surface area contributed by atoms with E-state index in [4.69, 9.17) is 15.0 Å². The third-order valence-electron chi connectivity index (χ3n) is 11.5. The molecular weight excluding hydrogens is 695 g/mol. The summed E-state index contributed by atoms with van der Waals surface area (Å²) in [4.78, 5) is 15.2. The van der Waals surface area contributed by atoms with Crippen LogP contribution < -0.4 is 10.6 Å². The quantitative estimate of drug-likeness (QED) is 0.0538. The first-order valence-corrected chi connectivity index (χ1v) is 23.4. The topological polar surface area (TPSA) is 62.7 Å². The van der Waals surface area contributed by atoms with E-state index in [0.717, 1.165) is 48.2 Å². The smallest absolute Gasteiger partial charge is 0.232 e. The highest BCUT2D eigenvalue weighted by atomic mass is 15.2. The van der Waals surface area contributed by atoms with Gasteiger partial charge in [-0.2, -0.15) is 15.0 Å². The summed E-state index contributed by atoms with van der Waals surface area (Å²) in [5.41, 5.74) is 13.3. The van der Waals surface area contributed by atoms with Crippen molar-refractivity contribution in [2.75, 3.05) is 10.6 Å². The molecule has 0 spiro atoms. The molecule has 0 aliphatic carbocycles. The van der Waals surface area contributed by atoms with E-state index in [9.17, 15) is 0 Å². The van der Waals surface area contributed by atoms with Crippen LogP contribution in [0.15, 0.2) is 48.5 Å². The van der Waals surface area contributed by atoms with E-state index in [-0.39, 0.29) is 0 Å². The normalized spacial score (nSPS) is 11.4. The molecule has 4 rings (SSSR count). The monoisotopic (exact) mass is 773 g/mol. The first kappa shape index (κ1) is 46.0. The van der Waals surface area contributed by atoms with E-state index in [2.05, 4.69) is 95.5 Å². The molecule has 1 heterocycles. The fourth-order valence-corrected chi connectivity index (χ4v) is 8.17. The van der Waals surface area contributed by atoms with Crippen LogP contribution in [0.1, 0.15) is 196 Å². The Balaban J connectivity index is 1.79. The van der Waals surface area contributed by atoms with Crippen molar-refractivity contribution in [2.24, 2.45) is 0 Å². The van der Waals surface area contributed by atoms with Crippen molar-refractivity contribution in [3.05, 3.63) is 94.4 Å². The van der Waals surface area contributed by atoms with E-state index in [1.54, 1.807) is 11.1 Å². The molecule has 0 saturated heterocycles. The van der Waals surface area contributed by atoms with Gasteiger partial charge < -0.3 is 10.6 Å². The van der Waals surface area contributed by atoms with Crippen LogP contribution in [0.25, 0.3) is 11.4 Å². The third kappa shape index (κ3) is 15.5. The molecule has 311 valence electrons. The second-order valence-corrected chi connectivity index (χ2v) is 16.5.